The van der Waals surface area contributed by atoms with Crippen LogP contribution >= 0.6 is 11.8 Å². The van der Waals surface area contributed by atoms with Crippen molar-refractivity contribution in [1.29, 1.82) is 0 Å². The molecule has 0 saturated carbocycles. The lowest BCUT2D eigenvalue weighted by Crippen LogP contribution is -2.12. The molecule has 0 aromatic heterocycles. The molecule has 178 valence electrons. The number of carbonyl (C=O) groups is 1. The first-order valence-corrected chi connectivity index (χ1v) is 12.0. The molecule has 34 heavy (non-hydrogen) atoms. The van der Waals surface area contributed by atoms with Gasteiger partial charge in [0, 0.05) is 28.3 Å². The average Bonchev–Trinajstić information content (AvgIpc) is 2.83. The van der Waals surface area contributed by atoms with Crippen molar-refractivity contribution < 1.29 is 19.2 Å². The Hall–Kier alpha value is -3.52. The van der Waals surface area contributed by atoms with Gasteiger partial charge in [-0.2, -0.15) is 0 Å². The smallest absolute Gasteiger partial charge is 0.284 e. The number of nitrogens with zero attached hydrogens (tertiary/aromatic N) is 1. The van der Waals surface area contributed by atoms with E-state index in [-0.39, 0.29) is 11.3 Å². The van der Waals surface area contributed by atoms with Crippen molar-refractivity contribution >= 4 is 29.0 Å². The van der Waals surface area contributed by atoms with Gasteiger partial charge in [-0.1, -0.05) is 43.3 Å². The molecule has 0 heterocycles. The first kappa shape index (κ1) is 25.1. The van der Waals surface area contributed by atoms with Crippen molar-refractivity contribution in [3.8, 4) is 11.5 Å². The lowest BCUT2D eigenvalue weighted by atomic mass is 10.2. The number of hydrogen-bond acceptors (Lipinski definition) is 6. The van der Waals surface area contributed by atoms with Gasteiger partial charge in [0.1, 0.15) is 0 Å². The number of rotatable bonds is 11. The Bertz CT molecular complexity index is 1150. The Kier molecular flexibility index (Phi) is 8.93. The molecular formula is C26H28N2O5S. The zero-order chi connectivity index (χ0) is 24.5. The fourth-order valence-corrected chi connectivity index (χ4v) is 3.97. The predicted octanol–water partition coefficient (Wildman–Crippen LogP) is 6.88. The maximum absolute atomic E-state index is 12.9. The van der Waals surface area contributed by atoms with E-state index >= 15 is 0 Å². The molecule has 0 unspecified atom stereocenters. The largest absolute Gasteiger partial charge is 0.490 e. The van der Waals surface area contributed by atoms with Crippen molar-refractivity contribution in [2.75, 3.05) is 18.5 Å². The molecule has 3 rings (SSSR count). The number of nitro groups is 1. The molecule has 0 atom stereocenters. The lowest BCUT2D eigenvalue weighted by Gasteiger charge is -2.14. The third-order valence-electron chi connectivity index (χ3n) is 4.79. The van der Waals surface area contributed by atoms with Crippen LogP contribution in [0.15, 0.2) is 70.5 Å². The van der Waals surface area contributed by atoms with Gasteiger partial charge in [-0.05, 0) is 56.2 Å². The van der Waals surface area contributed by atoms with E-state index in [0.717, 1.165) is 23.3 Å². The summed E-state index contributed by atoms with van der Waals surface area (Å²) < 4.78 is 11.5. The van der Waals surface area contributed by atoms with Gasteiger partial charge in [0.15, 0.2) is 11.5 Å². The van der Waals surface area contributed by atoms with Crippen LogP contribution in [-0.4, -0.2) is 24.0 Å². The number of anilines is 1. The number of ether oxygens (including phenoxy) is 2. The number of nitro benzene ring substituents is 1. The van der Waals surface area contributed by atoms with E-state index in [1.165, 1.54) is 17.8 Å². The van der Waals surface area contributed by atoms with Crippen molar-refractivity contribution in [3.05, 3.63) is 81.9 Å². The summed E-state index contributed by atoms with van der Waals surface area (Å²) in [7, 11) is 0. The second-order valence-corrected chi connectivity index (χ2v) is 8.78. The average molecular weight is 481 g/mol. The van der Waals surface area contributed by atoms with E-state index in [1.54, 1.807) is 30.3 Å². The van der Waals surface area contributed by atoms with Crippen LogP contribution in [0.3, 0.4) is 0 Å². The molecule has 0 fully saturated rings. The monoisotopic (exact) mass is 480 g/mol. The SMILES string of the molecule is CCCOc1ccc(NC(=O)c2ccc(Sc3ccc(C)cc3)c([N+](=O)[O-])c2)cc1OCCC. The molecule has 0 saturated heterocycles. The molecule has 0 spiro atoms. The summed E-state index contributed by atoms with van der Waals surface area (Å²) in [6, 6.07) is 17.4. The van der Waals surface area contributed by atoms with Crippen LogP contribution in [0.5, 0.6) is 11.5 Å². The highest BCUT2D eigenvalue weighted by Crippen LogP contribution is 2.36. The van der Waals surface area contributed by atoms with Crippen molar-refractivity contribution in [2.45, 2.75) is 43.4 Å². The molecule has 3 aromatic carbocycles. The minimum absolute atomic E-state index is 0.117. The molecule has 0 aliphatic rings. The normalized spacial score (nSPS) is 10.6. The second kappa shape index (κ2) is 12.1. The first-order chi connectivity index (χ1) is 16.4. The lowest BCUT2D eigenvalue weighted by molar-refractivity contribution is -0.387. The Labute approximate surface area is 203 Å². The molecular weight excluding hydrogens is 452 g/mol. The van der Waals surface area contributed by atoms with Gasteiger partial charge in [-0.25, -0.2) is 0 Å². The fraction of sp³-hybridized carbons (Fsp3) is 0.269. The fourth-order valence-electron chi connectivity index (χ4n) is 3.07. The van der Waals surface area contributed by atoms with E-state index in [4.69, 9.17) is 9.47 Å². The van der Waals surface area contributed by atoms with Crippen LogP contribution < -0.4 is 14.8 Å². The summed E-state index contributed by atoms with van der Waals surface area (Å²) in [5.74, 6) is 0.712. The summed E-state index contributed by atoms with van der Waals surface area (Å²) >= 11 is 1.29. The van der Waals surface area contributed by atoms with Gasteiger partial charge in [-0.15, -0.1) is 0 Å². The number of nitrogens with one attached hydrogen (secondary N) is 1. The van der Waals surface area contributed by atoms with Crippen LogP contribution in [0.1, 0.15) is 42.6 Å². The van der Waals surface area contributed by atoms with Crippen molar-refractivity contribution in [2.24, 2.45) is 0 Å². The van der Waals surface area contributed by atoms with Crippen LogP contribution in [-0.2, 0) is 0 Å². The topological polar surface area (TPSA) is 90.7 Å². The van der Waals surface area contributed by atoms with Crippen LogP contribution in [0.25, 0.3) is 0 Å². The number of aryl methyl sites for hydroxylation is 1. The number of amides is 1. The summed E-state index contributed by atoms with van der Waals surface area (Å²) in [4.78, 5) is 25.5. The number of hydrogen-bond donors (Lipinski definition) is 1. The minimum Gasteiger partial charge on any atom is -0.490 e. The standard InChI is InChI=1S/C26H28N2O5S/c1-4-14-32-23-12-9-20(17-24(23)33-15-5-2)27-26(29)19-8-13-25(22(16-19)28(30)31)34-21-10-6-18(3)7-11-21/h6-13,16-17H,4-5,14-15H2,1-3H3,(H,27,29). The molecule has 0 radical (unpaired) electrons. The Balaban J connectivity index is 1.80. The molecule has 1 N–H and O–H groups in total. The van der Waals surface area contributed by atoms with E-state index < -0.39 is 10.8 Å². The van der Waals surface area contributed by atoms with E-state index in [2.05, 4.69) is 5.32 Å². The Morgan fingerprint density at radius 1 is 0.941 bits per heavy atom. The van der Waals surface area contributed by atoms with Crippen molar-refractivity contribution in [3.63, 3.8) is 0 Å². The van der Waals surface area contributed by atoms with Gasteiger partial charge >= 0.3 is 0 Å². The molecule has 0 aliphatic heterocycles. The summed E-state index contributed by atoms with van der Waals surface area (Å²) in [6.07, 6.45) is 1.70. The zero-order valence-electron chi connectivity index (χ0n) is 19.5. The van der Waals surface area contributed by atoms with E-state index in [9.17, 15) is 14.9 Å². The predicted molar refractivity (Wildman–Crippen MR) is 134 cm³/mol. The van der Waals surface area contributed by atoms with Gasteiger partial charge in [0.05, 0.1) is 23.0 Å². The Morgan fingerprint density at radius 2 is 1.62 bits per heavy atom. The maximum Gasteiger partial charge on any atom is 0.284 e. The number of benzene rings is 3. The highest BCUT2D eigenvalue weighted by atomic mass is 32.2. The summed E-state index contributed by atoms with van der Waals surface area (Å²) in [5, 5.41) is 14.5. The van der Waals surface area contributed by atoms with Gasteiger partial charge in [0.2, 0.25) is 0 Å². The number of carbonyl (C=O) groups excluding carboxylic acids is 1. The Morgan fingerprint density at radius 3 is 2.26 bits per heavy atom. The summed E-state index contributed by atoms with van der Waals surface area (Å²) in [5.41, 5.74) is 1.70. The van der Waals surface area contributed by atoms with Crippen LogP contribution in [0.2, 0.25) is 0 Å². The maximum atomic E-state index is 12.9. The van der Waals surface area contributed by atoms with Gasteiger partial charge in [-0.3, -0.25) is 14.9 Å². The molecule has 0 aliphatic carbocycles. The molecule has 1 amide bonds. The van der Waals surface area contributed by atoms with E-state index in [0.29, 0.717) is 35.3 Å². The molecule has 7 nitrogen and oxygen atoms in total. The summed E-state index contributed by atoms with van der Waals surface area (Å²) in [6.45, 7) is 7.09. The molecule has 3 aromatic rings. The third-order valence-corrected chi connectivity index (χ3v) is 5.86. The van der Waals surface area contributed by atoms with Gasteiger partial charge < -0.3 is 14.8 Å². The van der Waals surface area contributed by atoms with Crippen LogP contribution in [0.4, 0.5) is 11.4 Å². The minimum atomic E-state index is -0.468. The zero-order valence-corrected chi connectivity index (χ0v) is 20.3. The quantitative estimate of drug-likeness (QED) is 0.237. The van der Waals surface area contributed by atoms with E-state index in [1.807, 2.05) is 45.0 Å². The highest BCUT2D eigenvalue weighted by Gasteiger charge is 2.19. The van der Waals surface area contributed by atoms with Gasteiger partial charge in [0.25, 0.3) is 11.6 Å². The van der Waals surface area contributed by atoms with Crippen molar-refractivity contribution in [1.82, 2.24) is 0 Å². The first-order valence-electron chi connectivity index (χ1n) is 11.1. The third kappa shape index (κ3) is 6.74. The molecule has 8 heteroatoms. The van der Waals surface area contributed by atoms with Crippen LogP contribution in [0, 0.1) is 17.0 Å². The molecule has 0 bridgehead atoms. The second-order valence-electron chi connectivity index (χ2n) is 7.67. The highest BCUT2D eigenvalue weighted by molar-refractivity contribution is 7.99.